The molecular weight excluding hydrogens is 278 g/mol. The summed E-state index contributed by atoms with van der Waals surface area (Å²) >= 11 is 5.59. The number of alkyl halides is 1. The van der Waals surface area contributed by atoms with Gasteiger partial charge in [-0.25, -0.2) is 8.42 Å². The van der Waals surface area contributed by atoms with E-state index in [4.69, 9.17) is 11.6 Å². The Balaban J connectivity index is 3.36. The van der Waals surface area contributed by atoms with Gasteiger partial charge in [0.2, 0.25) is 0 Å². The van der Waals surface area contributed by atoms with E-state index >= 15 is 0 Å². The van der Waals surface area contributed by atoms with Gasteiger partial charge in [0.25, 0.3) is 5.69 Å². The minimum Gasteiger partial charge on any atom is -0.258 e. The number of benzene rings is 1. The van der Waals surface area contributed by atoms with Gasteiger partial charge in [-0.15, -0.1) is 11.6 Å². The zero-order valence-electron chi connectivity index (χ0n) is 10.1. The molecule has 0 saturated carbocycles. The predicted octanol–water partition coefficient (Wildman–Crippen LogP) is 2.55. The highest BCUT2D eigenvalue weighted by atomic mass is 35.5. The number of rotatable bonds is 5. The maximum Gasteiger partial charge on any atom is 0.288 e. The van der Waals surface area contributed by atoms with Crippen LogP contribution in [0.25, 0.3) is 0 Å². The lowest BCUT2D eigenvalue weighted by atomic mass is 10.2. The number of sulfone groups is 1. The minimum absolute atomic E-state index is 0.192. The predicted molar refractivity (Wildman–Crippen MR) is 69.8 cm³/mol. The Morgan fingerprint density at radius 3 is 2.56 bits per heavy atom. The Hall–Kier alpha value is -1.14. The first-order valence-corrected chi connectivity index (χ1v) is 7.51. The fourth-order valence-corrected chi connectivity index (χ4v) is 3.98. The molecule has 0 aliphatic carbocycles. The molecule has 0 fully saturated rings. The van der Waals surface area contributed by atoms with Gasteiger partial charge in [-0.2, -0.15) is 0 Å². The summed E-state index contributed by atoms with van der Waals surface area (Å²) < 4.78 is 24.4. The van der Waals surface area contributed by atoms with Crippen LogP contribution < -0.4 is 0 Å². The van der Waals surface area contributed by atoms with E-state index in [1.807, 2.05) is 0 Å². The van der Waals surface area contributed by atoms with Crippen LogP contribution >= 0.6 is 11.6 Å². The van der Waals surface area contributed by atoms with Gasteiger partial charge in [0.15, 0.2) is 9.84 Å². The Kier molecular flexibility index (Phi) is 4.70. The normalized spacial score (nSPS) is 13.3. The molecular formula is C11H14ClNO4S. The van der Waals surface area contributed by atoms with Gasteiger partial charge in [-0.3, -0.25) is 10.1 Å². The Labute approximate surface area is 111 Å². The van der Waals surface area contributed by atoms with Crippen molar-refractivity contribution < 1.29 is 13.3 Å². The smallest absolute Gasteiger partial charge is 0.258 e. The van der Waals surface area contributed by atoms with Crippen LogP contribution in [0.15, 0.2) is 23.1 Å². The number of hydrogen-bond acceptors (Lipinski definition) is 4. The van der Waals surface area contributed by atoms with Crippen molar-refractivity contribution in [2.24, 2.45) is 5.92 Å². The molecule has 0 aliphatic heterocycles. The number of aryl methyl sites for hydroxylation is 1. The van der Waals surface area contributed by atoms with Gasteiger partial charge in [0.05, 0.1) is 10.7 Å². The van der Waals surface area contributed by atoms with Gasteiger partial charge in [-0.05, 0) is 18.4 Å². The van der Waals surface area contributed by atoms with Crippen molar-refractivity contribution in [1.29, 1.82) is 0 Å². The average Bonchev–Trinajstić information content (AvgIpc) is 2.27. The molecule has 0 aliphatic rings. The number of hydrogen-bond donors (Lipinski definition) is 0. The minimum atomic E-state index is -3.70. The molecule has 0 saturated heterocycles. The van der Waals surface area contributed by atoms with Crippen molar-refractivity contribution in [1.82, 2.24) is 0 Å². The fourth-order valence-electron chi connectivity index (χ4n) is 1.69. The fraction of sp³-hybridized carbons (Fsp3) is 0.455. The van der Waals surface area contributed by atoms with Crippen LogP contribution in [0.3, 0.4) is 0 Å². The van der Waals surface area contributed by atoms with Gasteiger partial charge < -0.3 is 0 Å². The summed E-state index contributed by atoms with van der Waals surface area (Å²) in [4.78, 5) is 10.0. The maximum absolute atomic E-state index is 12.2. The van der Waals surface area contributed by atoms with Crippen LogP contribution in [0.5, 0.6) is 0 Å². The molecule has 0 heterocycles. The van der Waals surface area contributed by atoms with Crippen molar-refractivity contribution in [3.8, 4) is 0 Å². The summed E-state index contributed by atoms with van der Waals surface area (Å²) in [5.74, 6) is -0.253. The third-order valence-corrected chi connectivity index (χ3v) is 5.15. The molecule has 0 spiro atoms. The number of nitro groups is 1. The van der Waals surface area contributed by atoms with Crippen molar-refractivity contribution in [3.05, 3.63) is 33.9 Å². The molecule has 1 unspecified atom stereocenters. The lowest BCUT2D eigenvalue weighted by Crippen LogP contribution is -2.17. The second-order valence-electron chi connectivity index (χ2n) is 4.22. The van der Waals surface area contributed by atoms with Gasteiger partial charge in [0.1, 0.15) is 4.90 Å². The molecule has 0 bridgehead atoms. The second-order valence-corrected chi connectivity index (χ2v) is 6.50. The molecule has 1 aromatic carbocycles. The summed E-state index contributed by atoms with van der Waals surface area (Å²) in [6.07, 6.45) is 0. The summed E-state index contributed by atoms with van der Waals surface area (Å²) in [5, 5.41) is 10.9. The third-order valence-electron chi connectivity index (χ3n) is 2.47. The molecule has 18 heavy (non-hydrogen) atoms. The van der Waals surface area contributed by atoms with Crippen LogP contribution in [-0.2, 0) is 9.84 Å². The standard InChI is InChI=1S/C11H14ClNO4S/c1-8(6-12)7-18(16,17)11-9(2)4-3-5-10(11)13(14)15/h3-5,8H,6-7H2,1-2H3. The molecule has 0 aromatic heterocycles. The molecule has 1 aromatic rings. The number of nitrogens with zero attached hydrogens (tertiary/aromatic N) is 1. The van der Waals surface area contributed by atoms with Gasteiger partial charge in [0, 0.05) is 11.9 Å². The summed E-state index contributed by atoms with van der Waals surface area (Å²) in [7, 11) is -3.70. The van der Waals surface area contributed by atoms with E-state index in [2.05, 4.69) is 0 Å². The van der Waals surface area contributed by atoms with Gasteiger partial charge >= 0.3 is 0 Å². The van der Waals surface area contributed by atoms with Crippen LogP contribution in [-0.4, -0.2) is 25.0 Å². The molecule has 1 atom stereocenters. The van der Waals surface area contributed by atoms with Crippen LogP contribution in [0.2, 0.25) is 0 Å². The first-order valence-electron chi connectivity index (χ1n) is 5.32. The molecule has 0 amide bonds. The van der Waals surface area contributed by atoms with Crippen LogP contribution in [0, 0.1) is 23.0 Å². The Morgan fingerprint density at radius 1 is 1.44 bits per heavy atom. The lowest BCUT2D eigenvalue weighted by Gasteiger charge is -2.11. The topological polar surface area (TPSA) is 77.3 Å². The van der Waals surface area contributed by atoms with E-state index in [0.29, 0.717) is 5.56 Å². The molecule has 1 rings (SSSR count). The van der Waals surface area contributed by atoms with Gasteiger partial charge in [-0.1, -0.05) is 19.1 Å². The third kappa shape index (κ3) is 3.20. The van der Waals surface area contributed by atoms with E-state index in [1.165, 1.54) is 12.1 Å². The number of halogens is 1. The SMILES string of the molecule is Cc1cccc([N+](=O)[O-])c1S(=O)(=O)CC(C)CCl. The maximum atomic E-state index is 12.2. The summed E-state index contributed by atoms with van der Waals surface area (Å²) in [6.45, 7) is 3.24. The quantitative estimate of drug-likeness (QED) is 0.474. The van der Waals surface area contributed by atoms with Crippen molar-refractivity contribution >= 4 is 27.1 Å². The second kappa shape index (κ2) is 5.67. The largest absolute Gasteiger partial charge is 0.288 e. The van der Waals surface area contributed by atoms with Crippen molar-refractivity contribution in [2.75, 3.05) is 11.6 Å². The molecule has 7 heteroatoms. The van der Waals surface area contributed by atoms with E-state index in [-0.39, 0.29) is 28.1 Å². The molecule has 0 N–H and O–H groups in total. The molecule has 100 valence electrons. The summed E-state index contributed by atoms with van der Waals surface area (Å²) in [5.41, 5.74) is 0.00254. The first-order chi connectivity index (χ1) is 8.29. The van der Waals surface area contributed by atoms with Crippen LogP contribution in [0.4, 0.5) is 5.69 Å². The average molecular weight is 292 g/mol. The van der Waals surface area contributed by atoms with Crippen molar-refractivity contribution in [3.63, 3.8) is 0 Å². The van der Waals surface area contributed by atoms with E-state index < -0.39 is 14.8 Å². The van der Waals surface area contributed by atoms with E-state index in [9.17, 15) is 18.5 Å². The van der Waals surface area contributed by atoms with Crippen molar-refractivity contribution in [2.45, 2.75) is 18.7 Å². The highest BCUT2D eigenvalue weighted by molar-refractivity contribution is 7.91. The zero-order chi connectivity index (χ0) is 13.9. The zero-order valence-corrected chi connectivity index (χ0v) is 11.7. The number of nitro benzene ring substituents is 1. The lowest BCUT2D eigenvalue weighted by molar-refractivity contribution is -0.387. The molecule has 0 radical (unpaired) electrons. The van der Waals surface area contributed by atoms with Crippen LogP contribution in [0.1, 0.15) is 12.5 Å². The highest BCUT2D eigenvalue weighted by Gasteiger charge is 2.28. The molecule has 5 nitrogen and oxygen atoms in total. The Morgan fingerprint density at radius 2 is 2.06 bits per heavy atom. The summed E-state index contributed by atoms with van der Waals surface area (Å²) in [6, 6.07) is 4.22. The van der Waals surface area contributed by atoms with E-state index in [1.54, 1.807) is 19.9 Å². The van der Waals surface area contributed by atoms with E-state index in [0.717, 1.165) is 0 Å². The first kappa shape index (κ1) is 14.9. The Bertz CT molecular complexity index is 556. The highest BCUT2D eigenvalue weighted by Crippen LogP contribution is 2.28. The monoisotopic (exact) mass is 291 g/mol.